The first kappa shape index (κ1) is 10.9. The Morgan fingerprint density at radius 2 is 2.62 bits per heavy atom. The van der Waals surface area contributed by atoms with E-state index in [1.165, 1.54) is 11.3 Å². The number of thiazole rings is 1. The van der Waals surface area contributed by atoms with E-state index in [0.29, 0.717) is 6.61 Å². The maximum absolute atomic E-state index is 8.95. The summed E-state index contributed by atoms with van der Waals surface area (Å²) in [6.45, 7) is 0.499. The van der Waals surface area contributed by atoms with Crippen molar-refractivity contribution < 1.29 is 9.84 Å². The van der Waals surface area contributed by atoms with Gasteiger partial charge in [-0.1, -0.05) is 0 Å². The molecule has 1 atom stereocenters. The molecular formula is C7H11BrN2O2S. The summed E-state index contributed by atoms with van der Waals surface area (Å²) in [5, 5.41) is 14.7. The summed E-state index contributed by atoms with van der Waals surface area (Å²) in [6.07, 6.45) is 0. The van der Waals surface area contributed by atoms with E-state index in [1.807, 2.05) is 5.38 Å². The van der Waals surface area contributed by atoms with Gasteiger partial charge in [0.05, 0.1) is 19.3 Å². The number of aliphatic hydroxyl groups is 1. The monoisotopic (exact) mass is 266 g/mol. The molecule has 74 valence electrons. The summed E-state index contributed by atoms with van der Waals surface area (Å²) in [7, 11) is 1.60. The fourth-order valence-electron chi connectivity index (χ4n) is 0.836. The van der Waals surface area contributed by atoms with Crippen LogP contribution in [0.4, 0.5) is 5.13 Å². The molecule has 1 aromatic heterocycles. The third-order valence-electron chi connectivity index (χ3n) is 1.39. The molecule has 0 radical (unpaired) electrons. The molecule has 1 heterocycles. The van der Waals surface area contributed by atoms with Crippen LogP contribution >= 0.6 is 27.3 Å². The zero-order chi connectivity index (χ0) is 9.68. The first-order valence-electron chi connectivity index (χ1n) is 3.73. The van der Waals surface area contributed by atoms with Gasteiger partial charge in [0.1, 0.15) is 4.60 Å². The van der Waals surface area contributed by atoms with Crippen molar-refractivity contribution in [2.45, 2.75) is 6.04 Å². The topological polar surface area (TPSA) is 54.4 Å². The molecule has 1 rings (SSSR count). The molecule has 0 aromatic carbocycles. The quantitative estimate of drug-likeness (QED) is 0.845. The van der Waals surface area contributed by atoms with Crippen LogP contribution in [0.3, 0.4) is 0 Å². The van der Waals surface area contributed by atoms with Gasteiger partial charge in [-0.25, -0.2) is 4.98 Å². The second kappa shape index (κ2) is 5.54. The highest BCUT2D eigenvalue weighted by Crippen LogP contribution is 2.19. The lowest BCUT2D eigenvalue weighted by atomic mass is 10.3. The van der Waals surface area contributed by atoms with Crippen molar-refractivity contribution in [2.75, 3.05) is 25.6 Å². The van der Waals surface area contributed by atoms with E-state index >= 15 is 0 Å². The molecule has 0 saturated carbocycles. The lowest BCUT2D eigenvalue weighted by Gasteiger charge is -2.13. The molecule has 13 heavy (non-hydrogen) atoms. The highest BCUT2D eigenvalue weighted by atomic mass is 79.9. The second-order valence-corrected chi connectivity index (χ2v) is 4.13. The maximum Gasteiger partial charge on any atom is 0.184 e. The number of halogens is 1. The van der Waals surface area contributed by atoms with Crippen molar-refractivity contribution in [3.05, 3.63) is 9.98 Å². The fourth-order valence-corrected chi connectivity index (χ4v) is 2.06. The number of hydrogen-bond donors (Lipinski definition) is 2. The van der Waals surface area contributed by atoms with Crippen molar-refractivity contribution in [3.63, 3.8) is 0 Å². The number of nitrogens with one attached hydrogen (secondary N) is 1. The highest BCUT2D eigenvalue weighted by Gasteiger charge is 2.08. The summed E-state index contributed by atoms with van der Waals surface area (Å²) >= 11 is 4.73. The molecule has 6 heteroatoms. The number of anilines is 1. The number of aromatic nitrogens is 1. The van der Waals surface area contributed by atoms with Crippen molar-refractivity contribution >= 4 is 32.4 Å². The Balaban J connectivity index is 2.46. The van der Waals surface area contributed by atoms with Crippen molar-refractivity contribution in [3.8, 4) is 0 Å². The highest BCUT2D eigenvalue weighted by molar-refractivity contribution is 9.10. The second-order valence-electron chi connectivity index (χ2n) is 2.45. The molecular weight excluding hydrogens is 256 g/mol. The summed E-state index contributed by atoms with van der Waals surface area (Å²) in [4.78, 5) is 4.14. The van der Waals surface area contributed by atoms with Gasteiger partial charge >= 0.3 is 0 Å². The van der Waals surface area contributed by atoms with E-state index in [4.69, 9.17) is 9.84 Å². The van der Waals surface area contributed by atoms with E-state index in [1.54, 1.807) is 7.11 Å². The van der Waals surface area contributed by atoms with Crippen LogP contribution in [0.1, 0.15) is 0 Å². The van der Waals surface area contributed by atoms with E-state index < -0.39 is 0 Å². The standard InChI is InChI=1S/C7H11BrN2O2S/c1-12-3-5(2-11)9-7-10-6(8)4-13-7/h4-5,11H,2-3H2,1H3,(H,9,10). The number of hydrogen-bond acceptors (Lipinski definition) is 5. The number of ether oxygens (including phenoxy) is 1. The van der Waals surface area contributed by atoms with E-state index in [2.05, 4.69) is 26.2 Å². The maximum atomic E-state index is 8.95. The molecule has 0 aliphatic rings. The Hall–Kier alpha value is -0.170. The van der Waals surface area contributed by atoms with Crippen LogP contribution in [-0.2, 0) is 4.74 Å². The third-order valence-corrected chi connectivity index (χ3v) is 2.87. The van der Waals surface area contributed by atoms with Crippen LogP contribution < -0.4 is 5.32 Å². The van der Waals surface area contributed by atoms with Crippen LogP contribution in [0.2, 0.25) is 0 Å². The molecule has 0 amide bonds. The van der Waals surface area contributed by atoms with E-state index in [9.17, 15) is 0 Å². The van der Waals surface area contributed by atoms with E-state index in [-0.39, 0.29) is 12.6 Å². The Bertz CT molecular complexity index is 256. The number of nitrogens with zero attached hydrogens (tertiary/aromatic N) is 1. The lowest BCUT2D eigenvalue weighted by molar-refractivity contribution is 0.153. The molecule has 1 aromatic rings. The summed E-state index contributed by atoms with van der Waals surface area (Å²) in [6, 6.07) is -0.0944. The SMILES string of the molecule is COCC(CO)Nc1nc(Br)cs1. The molecule has 4 nitrogen and oxygen atoms in total. The van der Waals surface area contributed by atoms with Gasteiger partial charge in [-0.05, 0) is 15.9 Å². The molecule has 0 aliphatic carbocycles. The first-order chi connectivity index (χ1) is 6.26. The van der Waals surface area contributed by atoms with Gasteiger partial charge in [-0.2, -0.15) is 0 Å². The molecule has 0 bridgehead atoms. The summed E-state index contributed by atoms with van der Waals surface area (Å²) in [5.41, 5.74) is 0. The third kappa shape index (κ3) is 3.60. The number of rotatable bonds is 5. The first-order valence-corrected chi connectivity index (χ1v) is 5.41. The smallest absolute Gasteiger partial charge is 0.184 e. The van der Waals surface area contributed by atoms with Crippen molar-refractivity contribution in [2.24, 2.45) is 0 Å². The summed E-state index contributed by atoms with van der Waals surface area (Å²) < 4.78 is 5.72. The van der Waals surface area contributed by atoms with Crippen LogP contribution in [0.15, 0.2) is 9.98 Å². The Morgan fingerprint density at radius 1 is 1.85 bits per heavy atom. The van der Waals surface area contributed by atoms with Gasteiger partial charge < -0.3 is 15.2 Å². The molecule has 2 N–H and O–H groups in total. The zero-order valence-corrected chi connectivity index (χ0v) is 9.56. The van der Waals surface area contributed by atoms with Crippen LogP contribution in [0, 0.1) is 0 Å². The van der Waals surface area contributed by atoms with Crippen LogP contribution in [0.25, 0.3) is 0 Å². The molecule has 1 unspecified atom stereocenters. The van der Waals surface area contributed by atoms with Crippen molar-refractivity contribution in [1.82, 2.24) is 4.98 Å². The number of aliphatic hydroxyl groups excluding tert-OH is 1. The van der Waals surface area contributed by atoms with Crippen LogP contribution in [-0.4, -0.2) is 36.5 Å². The van der Waals surface area contributed by atoms with Gasteiger partial charge in [0.15, 0.2) is 5.13 Å². The minimum Gasteiger partial charge on any atom is -0.394 e. The minimum atomic E-state index is -0.0944. The summed E-state index contributed by atoms with van der Waals surface area (Å²) in [5.74, 6) is 0. The van der Waals surface area contributed by atoms with Gasteiger partial charge in [0.25, 0.3) is 0 Å². The average Bonchev–Trinajstić information content (AvgIpc) is 2.50. The minimum absolute atomic E-state index is 0.0328. The lowest BCUT2D eigenvalue weighted by Crippen LogP contribution is -2.28. The van der Waals surface area contributed by atoms with Gasteiger partial charge in [0, 0.05) is 12.5 Å². The number of methoxy groups -OCH3 is 1. The van der Waals surface area contributed by atoms with Gasteiger partial charge in [0.2, 0.25) is 0 Å². The predicted octanol–water partition coefficient (Wildman–Crippen LogP) is 1.32. The Labute approximate surface area is 89.1 Å². The van der Waals surface area contributed by atoms with E-state index in [0.717, 1.165) is 9.73 Å². The normalized spacial score (nSPS) is 12.8. The van der Waals surface area contributed by atoms with Gasteiger partial charge in [-0.3, -0.25) is 0 Å². The van der Waals surface area contributed by atoms with Crippen LogP contribution in [0.5, 0.6) is 0 Å². The zero-order valence-electron chi connectivity index (χ0n) is 7.16. The van der Waals surface area contributed by atoms with Crippen molar-refractivity contribution in [1.29, 1.82) is 0 Å². The molecule has 0 fully saturated rings. The fraction of sp³-hybridized carbons (Fsp3) is 0.571. The molecule has 0 saturated heterocycles. The Kier molecular flexibility index (Phi) is 4.65. The molecule has 0 aliphatic heterocycles. The molecule has 0 spiro atoms. The average molecular weight is 267 g/mol. The largest absolute Gasteiger partial charge is 0.394 e. The van der Waals surface area contributed by atoms with Gasteiger partial charge in [-0.15, -0.1) is 11.3 Å². The Morgan fingerprint density at radius 3 is 3.08 bits per heavy atom. The predicted molar refractivity (Wildman–Crippen MR) is 56.2 cm³/mol.